The van der Waals surface area contributed by atoms with Crippen LogP contribution in [0.3, 0.4) is 0 Å². The fourth-order valence-electron chi connectivity index (χ4n) is 4.04. The molecule has 6 heteroatoms. The molecule has 1 aromatic carbocycles. The number of aromatic nitrogens is 1. The molecule has 26 heavy (non-hydrogen) atoms. The first-order valence-corrected chi connectivity index (χ1v) is 9.59. The van der Waals surface area contributed by atoms with Gasteiger partial charge in [0.05, 0.1) is 0 Å². The Balaban J connectivity index is 1.35. The Kier molecular flexibility index (Phi) is 4.93. The van der Waals surface area contributed by atoms with E-state index in [-0.39, 0.29) is 11.8 Å². The van der Waals surface area contributed by atoms with Gasteiger partial charge in [0.2, 0.25) is 11.8 Å². The summed E-state index contributed by atoms with van der Waals surface area (Å²) in [6.07, 6.45) is 6.86. The van der Waals surface area contributed by atoms with E-state index in [1.807, 2.05) is 30.5 Å². The summed E-state index contributed by atoms with van der Waals surface area (Å²) in [5, 5.41) is 6.95. The molecule has 0 bridgehead atoms. The average molecular weight is 354 g/mol. The van der Waals surface area contributed by atoms with Crippen LogP contribution in [-0.2, 0) is 16.0 Å². The van der Waals surface area contributed by atoms with Gasteiger partial charge >= 0.3 is 0 Å². The largest absolute Gasteiger partial charge is 0.361 e. The van der Waals surface area contributed by atoms with Crippen molar-refractivity contribution < 1.29 is 9.59 Å². The van der Waals surface area contributed by atoms with Crippen molar-refractivity contribution >= 4 is 22.7 Å². The van der Waals surface area contributed by atoms with E-state index in [9.17, 15) is 9.59 Å². The lowest BCUT2D eigenvalue weighted by Crippen LogP contribution is -2.62. The number of amides is 2. The molecule has 3 heterocycles. The summed E-state index contributed by atoms with van der Waals surface area (Å²) in [5.74, 6) is -0.148. The van der Waals surface area contributed by atoms with Gasteiger partial charge < -0.3 is 20.5 Å². The van der Waals surface area contributed by atoms with E-state index in [4.69, 9.17) is 0 Å². The molecule has 0 aliphatic carbocycles. The van der Waals surface area contributed by atoms with Crippen LogP contribution in [0.15, 0.2) is 30.5 Å². The van der Waals surface area contributed by atoms with Crippen LogP contribution in [-0.4, -0.2) is 53.4 Å². The number of aromatic amines is 1. The van der Waals surface area contributed by atoms with Gasteiger partial charge in [0.25, 0.3) is 0 Å². The van der Waals surface area contributed by atoms with E-state index in [0.717, 1.165) is 36.1 Å². The molecule has 1 unspecified atom stereocenters. The molecule has 1 aromatic heterocycles. The zero-order valence-electron chi connectivity index (χ0n) is 15.0. The monoisotopic (exact) mass is 354 g/mol. The van der Waals surface area contributed by atoms with Crippen molar-refractivity contribution in [2.24, 2.45) is 0 Å². The Morgan fingerprint density at radius 1 is 0.962 bits per heavy atom. The molecule has 4 rings (SSSR count). The van der Waals surface area contributed by atoms with Gasteiger partial charge in [-0.3, -0.25) is 9.59 Å². The number of fused-ring (bicyclic) bond motifs is 1. The molecule has 2 aliphatic heterocycles. The molecule has 2 amide bonds. The second-order valence-electron chi connectivity index (χ2n) is 7.38. The molecule has 0 radical (unpaired) electrons. The number of H-pyrrole nitrogens is 1. The smallest absolute Gasteiger partial charge is 0.243 e. The van der Waals surface area contributed by atoms with E-state index >= 15 is 0 Å². The Labute approximate surface area is 153 Å². The van der Waals surface area contributed by atoms with E-state index in [1.54, 1.807) is 0 Å². The molecule has 2 atom stereocenters. The normalized spacial score (nSPS) is 24.5. The Hall–Kier alpha value is -2.34. The number of hydrogen-bond acceptors (Lipinski definition) is 3. The maximum Gasteiger partial charge on any atom is 0.243 e. The van der Waals surface area contributed by atoms with Crippen molar-refractivity contribution in [3.05, 3.63) is 36.0 Å². The fraction of sp³-hybridized carbons (Fsp3) is 0.500. The van der Waals surface area contributed by atoms with Gasteiger partial charge in [-0.15, -0.1) is 0 Å². The lowest BCUT2D eigenvalue weighted by atomic mass is 10.00. The van der Waals surface area contributed by atoms with Crippen LogP contribution in [0.2, 0.25) is 0 Å². The van der Waals surface area contributed by atoms with E-state index in [0.29, 0.717) is 12.8 Å². The number of likely N-dealkylation sites (tertiary alicyclic amines) is 1. The quantitative estimate of drug-likeness (QED) is 0.763. The van der Waals surface area contributed by atoms with Crippen LogP contribution in [0.25, 0.3) is 10.9 Å². The van der Waals surface area contributed by atoms with Crippen molar-refractivity contribution in [1.29, 1.82) is 0 Å². The van der Waals surface area contributed by atoms with Gasteiger partial charge in [-0.05, 0) is 44.0 Å². The minimum Gasteiger partial charge on any atom is -0.361 e. The van der Waals surface area contributed by atoms with Crippen LogP contribution in [0.1, 0.15) is 31.2 Å². The minimum absolute atomic E-state index is 0.0635. The van der Waals surface area contributed by atoms with Gasteiger partial charge in [-0.2, -0.15) is 0 Å². The van der Waals surface area contributed by atoms with Crippen LogP contribution in [0.5, 0.6) is 0 Å². The van der Waals surface area contributed by atoms with Gasteiger partial charge in [-0.1, -0.05) is 24.6 Å². The first-order valence-electron chi connectivity index (χ1n) is 9.59. The highest BCUT2D eigenvalue weighted by atomic mass is 16.2. The van der Waals surface area contributed by atoms with Gasteiger partial charge in [-0.25, -0.2) is 0 Å². The highest BCUT2D eigenvalue weighted by Crippen LogP contribution is 2.20. The molecule has 138 valence electrons. The number of nitrogens with zero attached hydrogens (tertiary/aromatic N) is 1. The van der Waals surface area contributed by atoms with Crippen LogP contribution < -0.4 is 10.6 Å². The maximum atomic E-state index is 12.5. The fourth-order valence-corrected chi connectivity index (χ4v) is 4.04. The van der Waals surface area contributed by atoms with Crippen LogP contribution >= 0.6 is 0 Å². The summed E-state index contributed by atoms with van der Waals surface area (Å²) in [6, 6.07) is 7.08. The van der Waals surface area contributed by atoms with Crippen molar-refractivity contribution in [3.8, 4) is 0 Å². The highest BCUT2D eigenvalue weighted by Gasteiger charge is 2.34. The lowest BCUT2D eigenvalue weighted by Gasteiger charge is -2.32. The van der Waals surface area contributed by atoms with Crippen molar-refractivity contribution in [2.75, 3.05) is 19.6 Å². The third-order valence-electron chi connectivity index (χ3n) is 5.55. The summed E-state index contributed by atoms with van der Waals surface area (Å²) < 4.78 is 0. The molecule has 3 N–H and O–H groups in total. The SMILES string of the molecule is O=C1N[C@@H](Cc2c[nH]c3ccccc23)C(=O)NC1CCN1CCCCC1. The standard InChI is InChI=1S/C20H26N4O2/c25-19-17(8-11-24-9-4-1-5-10-24)22-20(26)18(23-19)12-14-13-21-16-7-3-2-6-15(14)16/h2-3,6-7,13,17-18,21H,1,4-5,8-12H2,(H,22,26)(H,23,25)/t17?,18-/m0/s1. The zero-order valence-corrected chi connectivity index (χ0v) is 15.0. The number of benzene rings is 1. The summed E-state index contributed by atoms with van der Waals surface area (Å²) in [4.78, 5) is 30.6. The van der Waals surface area contributed by atoms with Crippen molar-refractivity contribution in [3.63, 3.8) is 0 Å². The second-order valence-corrected chi connectivity index (χ2v) is 7.38. The van der Waals surface area contributed by atoms with Crippen LogP contribution in [0.4, 0.5) is 0 Å². The second kappa shape index (κ2) is 7.50. The number of rotatable bonds is 5. The molecule has 2 aromatic rings. The van der Waals surface area contributed by atoms with E-state index < -0.39 is 12.1 Å². The summed E-state index contributed by atoms with van der Waals surface area (Å²) in [7, 11) is 0. The van der Waals surface area contributed by atoms with E-state index in [1.165, 1.54) is 19.3 Å². The summed E-state index contributed by atoms with van der Waals surface area (Å²) >= 11 is 0. The number of piperazine rings is 1. The molecule has 0 spiro atoms. The zero-order chi connectivity index (χ0) is 17.9. The topological polar surface area (TPSA) is 77.2 Å². The third-order valence-corrected chi connectivity index (χ3v) is 5.55. The minimum atomic E-state index is -0.507. The molecule has 0 saturated carbocycles. The lowest BCUT2D eigenvalue weighted by molar-refractivity contribution is -0.137. The summed E-state index contributed by atoms with van der Waals surface area (Å²) in [6.45, 7) is 3.07. The molecule has 6 nitrogen and oxygen atoms in total. The number of piperidine rings is 1. The number of carbonyl (C=O) groups is 2. The predicted molar refractivity (Wildman–Crippen MR) is 101 cm³/mol. The van der Waals surface area contributed by atoms with Gasteiger partial charge in [0, 0.05) is 30.1 Å². The van der Waals surface area contributed by atoms with Gasteiger partial charge in [0.15, 0.2) is 0 Å². The van der Waals surface area contributed by atoms with Gasteiger partial charge in [0.1, 0.15) is 12.1 Å². The third kappa shape index (κ3) is 3.60. The molecule has 2 fully saturated rings. The van der Waals surface area contributed by atoms with Crippen LogP contribution in [0, 0.1) is 0 Å². The maximum absolute atomic E-state index is 12.5. The molecule has 2 aliphatic rings. The van der Waals surface area contributed by atoms with E-state index in [2.05, 4.69) is 20.5 Å². The molecule has 2 saturated heterocycles. The number of nitrogens with one attached hydrogen (secondary N) is 3. The number of para-hydroxylation sites is 1. The number of carbonyl (C=O) groups excluding carboxylic acids is 2. The predicted octanol–water partition coefficient (Wildman–Crippen LogP) is 1.57. The Morgan fingerprint density at radius 3 is 2.54 bits per heavy atom. The van der Waals surface area contributed by atoms with Crippen molar-refractivity contribution in [1.82, 2.24) is 20.5 Å². The first kappa shape index (κ1) is 17.1. The highest BCUT2D eigenvalue weighted by molar-refractivity contribution is 5.97. The Morgan fingerprint density at radius 2 is 1.69 bits per heavy atom. The molecular weight excluding hydrogens is 328 g/mol. The number of hydrogen-bond donors (Lipinski definition) is 3. The summed E-state index contributed by atoms with van der Waals surface area (Å²) in [5.41, 5.74) is 2.09. The first-order chi connectivity index (χ1) is 12.7. The average Bonchev–Trinajstić information content (AvgIpc) is 3.07. The molecular formula is C20H26N4O2. The Bertz CT molecular complexity index is 794. The van der Waals surface area contributed by atoms with Crippen molar-refractivity contribution in [2.45, 2.75) is 44.2 Å².